The maximum Gasteiger partial charge on any atom is 0.225 e. The summed E-state index contributed by atoms with van der Waals surface area (Å²) in [6, 6.07) is 0.815. The van der Waals surface area contributed by atoms with Gasteiger partial charge in [0, 0.05) is 12.1 Å². The minimum absolute atomic E-state index is 0.0254. The maximum absolute atomic E-state index is 12.0. The number of hydrogen-bond donors (Lipinski definition) is 3. The van der Waals surface area contributed by atoms with Crippen LogP contribution in [0.5, 0.6) is 0 Å². The molecule has 92 valence electrons. The van der Waals surface area contributed by atoms with Crippen molar-refractivity contribution in [3.05, 3.63) is 0 Å². The molecule has 3 unspecified atom stereocenters. The Morgan fingerprint density at radius 3 is 2.69 bits per heavy atom. The Morgan fingerprint density at radius 1 is 1.50 bits per heavy atom. The molecule has 2 aliphatic rings. The molecule has 0 radical (unpaired) electrons. The first-order valence-electron chi connectivity index (χ1n) is 6.29. The predicted octanol–water partition coefficient (Wildman–Crippen LogP) is 0.260. The Labute approximate surface area is 96.8 Å². The van der Waals surface area contributed by atoms with E-state index >= 15 is 0 Å². The molecule has 2 bridgehead atoms. The van der Waals surface area contributed by atoms with E-state index in [1.165, 1.54) is 6.42 Å². The third kappa shape index (κ3) is 2.23. The summed E-state index contributed by atoms with van der Waals surface area (Å²) < 4.78 is 0. The second-order valence-corrected chi connectivity index (χ2v) is 5.43. The SMILES string of the molecule is CC(C)[C@@H](CO)NC(=O)C1CC2CCC1N2. The van der Waals surface area contributed by atoms with Gasteiger partial charge in [0.1, 0.15) is 0 Å². The molecule has 4 nitrogen and oxygen atoms in total. The lowest BCUT2D eigenvalue weighted by Gasteiger charge is -2.25. The summed E-state index contributed by atoms with van der Waals surface area (Å²) in [5.41, 5.74) is 0. The molecule has 0 aromatic carbocycles. The predicted molar refractivity (Wildman–Crippen MR) is 61.9 cm³/mol. The van der Waals surface area contributed by atoms with Crippen molar-refractivity contribution in [1.29, 1.82) is 0 Å². The van der Waals surface area contributed by atoms with Crippen LogP contribution in [0.3, 0.4) is 0 Å². The zero-order valence-corrected chi connectivity index (χ0v) is 10.1. The Kier molecular flexibility index (Phi) is 3.50. The zero-order chi connectivity index (χ0) is 11.7. The maximum atomic E-state index is 12.0. The lowest BCUT2D eigenvalue weighted by atomic mass is 9.88. The van der Waals surface area contributed by atoms with Crippen molar-refractivity contribution in [1.82, 2.24) is 10.6 Å². The summed E-state index contributed by atoms with van der Waals surface area (Å²) in [4.78, 5) is 12.0. The molecule has 2 aliphatic heterocycles. The molecule has 3 N–H and O–H groups in total. The quantitative estimate of drug-likeness (QED) is 0.644. The van der Waals surface area contributed by atoms with E-state index < -0.39 is 0 Å². The molecule has 16 heavy (non-hydrogen) atoms. The minimum Gasteiger partial charge on any atom is -0.394 e. The van der Waals surface area contributed by atoms with Gasteiger partial charge in [-0.2, -0.15) is 0 Å². The van der Waals surface area contributed by atoms with Gasteiger partial charge in [-0.05, 0) is 25.2 Å². The van der Waals surface area contributed by atoms with Crippen molar-refractivity contribution in [2.75, 3.05) is 6.61 Å². The van der Waals surface area contributed by atoms with Crippen LogP contribution < -0.4 is 10.6 Å². The number of carbonyl (C=O) groups is 1. The molecule has 0 aliphatic carbocycles. The first-order valence-corrected chi connectivity index (χ1v) is 6.29. The Bertz CT molecular complexity index is 268. The molecule has 0 aromatic heterocycles. The number of rotatable bonds is 4. The van der Waals surface area contributed by atoms with Crippen LogP contribution in [0.4, 0.5) is 0 Å². The standard InChI is InChI=1S/C12H22N2O2/c1-7(2)11(6-15)14-12(16)9-5-8-3-4-10(9)13-8/h7-11,13,15H,3-6H2,1-2H3,(H,14,16)/t8?,9?,10?,11-/m1/s1. The number of aliphatic hydroxyl groups excluding tert-OH is 1. The summed E-state index contributed by atoms with van der Waals surface area (Å²) in [6.45, 7) is 4.05. The summed E-state index contributed by atoms with van der Waals surface area (Å²) in [5.74, 6) is 0.513. The van der Waals surface area contributed by atoms with Crippen molar-refractivity contribution < 1.29 is 9.90 Å². The Hall–Kier alpha value is -0.610. The van der Waals surface area contributed by atoms with Gasteiger partial charge in [-0.3, -0.25) is 4.79 Å². The molecular weight excluding hydrogens is 204 g/mol. The van der Waals surface area contributed by atoms with E-state index in [1.807, 2.05) is 13.8 Å². The van der Waals surface area contributed by atoms with E-state index in [9.17, 15) is 9.90 Å². The topological polar surface area (TPSA) is 61.4 Å². The van der Waals surface area contributed by atoms with E-state index in [0.29, 0.717) is 12.1 Å². The van der Waals surface area contributed by atoms with Crippen LogP contribution in [0.15, 0.2) is 0 Å². The van der Waals surface area contributed by atoms with E-state index in [0.717, 1.165) is 12.8 Å². The third-order valence-corrected chi connectivity index (χ3v) is 3.97. The van der Waals surface area contributed by atoms with Gasteiger partial charge < -0.3 is 15.7 Å². The average Bonchev–Trinajstić information content (AvgIpc) is 2.86. The summed E-state index contributed by atoms with van der Waals surface area (Å²) in [6.07, 6.45) is 3.29. The largest absolute Gasteiger partial charge is 0.394 e. The van der Waals surface area contributed by atoms with Crippen LogP contribution in [0, 0.1) is 11.8 Å². The molecule has 2 heterocycles. The van der Waals surface area contributed by atoms with E-state index in [-0.39, 0.29) is 30.4 Å². The highest BCUT2D eigenvalue weighted by Crippen LogP contribution is 2.33. The zero-order valence-electron chi connectivity index (χ0n) is 10.1. The van der Waals surface area contributed by atoms with E-state index in [2.05, 4.69) is 10.6 Å². The molecule has 2 rings (SSSR count). The third-order valence-electron chi connectivity index (χ3n) is 3.97. The van der Waals surface area contributed by atoms with Gasteiger partial charge in [0.15, 0.2) is 0 Å². The van der Waals surface area contributed by atoms with Crippen molar-refractivity contribution in [3.8, 4) is 0 Å². The fourth-order valence-corrected chi connectivity index (χ4v) is 2.83. The molecule has 0 spiro atoms. The molecule has 0 aromatic rings. The second-order valence-electron chi connectivity index (χ2n) is 5.43. The lowest BCUT2D eigenvalue weighted by Crippen LogP contribution is -2.46. The molecule has 1 amide bonds. The van der Waals surface area contributed by atoms with Crippen LogP contribution in [0.25, 0.3) is 0 Å². The fraction of sp³-hybridized carbons (Fsp3) is 0.917. The molecule has 2 fully saturated rings. The average molecular weight is 226 g/mol. The minimum atomic E-state index is -0.105. The normalized spacial score (nSPS) is 34.4. The second kappa shape index (κ2) is 4.72. The highest BCUT2D eigenvalue weighted by atomic mass is 16.3. The summed E-state index contributed by atoms with van der Waals surface area (Å²) in [5, 5.41) is 15.6. The first-order chi connectivity index (χ1) is 7.61. The summed E-state index contributed by atoms with van der Waals surface area (Å²) >= 11 is 0. The van der Waals surface area contributed by atoms with E-state index in [1.54, 1.807) is 0 Å². The van der Waals surface area contributed by atoms with Crippen molar-refractivity contribution >= 4 is 5.91 Å². The van der Waals surface area contributed by atoms with Gasteiger partial charge >= 0.3 is 0 Å². The molecule has 0 saturated carbocycles. The molecule has 4 atom stereocenters. The smallest absolute Gasteiger partial charge is 0.225 e. The van der Waals surface area contributed by atoms with Crippen LogP contribution in [0.1, 0.15) is 33.1 Å². The molecule has 2 saturated heterocycles. The highest BCUT2D eigenvalue weighted by molar-refractivity contribution is 5.80. The monoisotopic (exact) mass is 226 g/mol. The van der Waals surface area contributed by atoms with Gasteiger partial charge in [0.05, 0.1) is 18.6 Å². The van der Waals surface area contributed by atoms with Crippen LogP contribution in [-0.2, 0) is 4.79 Å². The molecule has 4 heteroatoms. The van der Waals surface area contributed by atoms with Gasteiger partial charge in [0.25, 0.3) is 0 Å². The number of hydrogen-bond acceptors (Lipinski definition) is 3. The van der Waals surface area contributed by atoms with Crippen molar-refractivity contribution in [2.45, 2.75) is 51.2 Å². The molecular formula is C12H22N2O2. The Morgan fingerprint density at radius 2 is 2.25 bits per heavy atom. The van der Waals surface area contributed by atoms with Gasteiger partial charge in [0.2, 0.25) is 5.91 Å². The first kappa shape index (κ1) is 11.9. The number of fused-ring (bicyclic) bond motifs is 2. The van der Waals surface area contributed by atoms with Crippen molar-refractivity contribution in [2.24, 2.45) is 11.8 Å². The number of aliphatic hydroxyl groups is 1. The fourth-order valence-electron chi connectivity index (χ4n) is 2.83. The van der Waals surface area contributed by atoms with Crippen molar-refractivity contribution in [3.63, 3.8) is 0 Å². The van der Waals surface area contributed by atoms with Crippen LogP contribution in [0.2, 0.25) is 0 Å². The Balaban J connectivity index is 1.88. The number of carbonyl (C=O) groups excluding carboxylic acids is 1. The number of nitrogens with one attached hydrogen (secondary N) is 2. The van der Waals surface area contributed by atoms with E-state index in [4.69, 9.17) is 0 Å². The lowest BCUT2D eigenvalue weighted by molar-refractivity contribution is -0.127. The van der Waals surface area contributed by atoms with Gasteiger partial charge in [-0.15, -0.1) is 0 Å². The van der Waals surface area contributed by atoms with Gasteiger partial charge in [-0.1, -0.05) is 13.8 Å². The van der Waals surface area contributed by atoms with Crippen LogP contribution in [-0.4, -0.2) is 35.7 Å². The van der Waals surface area contributed by atoms with Crippen LogP contribution >= 0.6 is 0 Å². The summed E-state index contributed by atoms with van der Waals surface area (Å²) in [7, 11) is 0. The number of amides is 1. The highest BCUT2D eigenvalue weighted by Gasteiger charge is 2.43. The van der Waals surface area contributed by atoms with Gasteiger partial charge in [-0.25, -0.2) is 0 Å².